The summed E-state index contributed by atoms with van der Waals surface area (Å²) in [5.41, 5.74) is 0.369. The molecule has 0 unspecified atom stereocenters. The van der Waals surface area contributed by atoms with Gasteiger partial charge in [-0.3, -0.25) is 9.88 Å². The summed E-state index contributed by atoms with van der Waals surface area (Å²) in [6, 6.07) is 3.16. The van der Waals surface area contributed by atoms with Crippen LogP contribution in [0, 0.1) is 11.3 Å². The Morgan fingerprint density at radius 3 is 3.32 bits per heavy atom. The topological polar surface area (TPSA) is 95.7 Å². The molecule has 100 valence electrons. The van der Waals surface area contributed by atoms with Crippen LogP contribution in [0.2, 0.25) is 0 Å². The molecule has 1 amide bonds. The van der Waals surface area contributed by atoms with Gasteiger partial charge in [-0.2, -0.15) is 5.26 Å². The van der Waals surface area contributed by atoms with Gasteiger partial charge in [-0.05, 0) is 6.07 Å². The molecule has 7 nitrogen and oxygen atoms in total. The van der Waals surface area contributed by atoms with E-state index in [1.807, 2.05) is 6.07 Å². The molecule has 1 fully saturated rings. The van der Waals surface area contributed by atoms with Crippen molar-refractivity contribution in [3.8, 4) is 11.8 Å². The molecule has 1 aromatic heterocycles. The number of hydrogen-bond donors (Lipinski definition) is 1. The molecule has 1 N–H and O–H groups in total. The Kier molecular flexibility index (Phi) is 4.15. The second-order valence-corrected chi connectivity index (χ2v) is 4.00. The molecule has 7 heteroatoms. The van der Waals surface area contributed by atoms with E-state index in [4.69, 9.17) is 19.8 Å². The highest BCUT2D eigenvalue weighted by atomic mass is 16.5. The molecule has 0 saturated carbocycles. The minimum absolute atomic E-state index is 0.132. The molecule has 1 aromatic rings. The highest BCUT2D eigenvalue weighted by Gasteiger charge is 2.27. The van der Waals surface area contributed by atoms with Crippen LogP contribution < -0.4 is 4.74 Å². The summed E-state index contributed by atoms with van der Waals surface area (Å²) in [5.74, 6) is 0.348. The number of pyridine rings is 1. The van der Waals surface area contributed by atoms with Gasteiger partial charge in [-0.1, -0.05) is 0 Å². The van der Waals surface area contributed by atoms with Gasteiger partial charge in [-0.25, -0.2) is 4.79 Å². The number of aromatic nitrogens is 1. The van der Waals surface area contributed by atoms with Crippen molar-refractivity contribution in [1.29, 1.82) is 5.26 Å². The number of nitriles is 1. The molecule has 19 heavy (non-hydrogen) atoms. The van der Waals surface area contributed by atoms with Crippen molar-refractivity contribution in [2.24, 2.45) is 0 Å². The highest BCUT2D eigenvalue weighted by molar-refractivity contribution is 5.65. The summed E-state index contributed by atoms with van der Waals surface area (Å²) >= 11 is 0. The molecule has 2 rings (SSSR count). The Labute approximate surface area is 110 Å². The number of amides is 1. The van der Waals surface area contributed by atoms with E-state index in [1.54, 1.807) is 6.07 Å². The Morgan fingerprint density at radius 2 is 2.58 bits per heavy atom. The standard InChI is InChI=1S/C12H13N3O4/c13-5-9-1-2-14-6-11(9)19-8-10-7-18-4-3-15(10)12(16)17/h1-2,6,10H,3-4,7-8H2,(H,16,17)/t10-/m0/s1. The first-order valence-electron chi connectivity index (χ1n) is 5.76. The van der Waals surface area contributed by atoms with E-state index >= 15 is 0 Å². The first-order chi connectivity index (χ1) is 9.22. The van der Waals surface area contributed by atoms with Crippen molar-refractivity contribution in [1.82, 2.24) is 9.88 Å². The van der Waals surface area contributed by atoms with E-state index in [9.17, 15) is 4.79 Å². The summed E-state index contributed by atoms with van der Waals surface area (Å²) in [7, 11) is 0. The van der Waals surface area contributed by atoms with Crippen molar-refractivity contribution in [3.05, 3.63) is 24.0 Å². The van der Waals surface area contributed by atoms with Crippen LogP contribution in [0.25, 0.3) is 0 Å². The van der Waals surface area contributed by atoms with E-state index in [0.717, 1.165) is 0 Å². The number of rotatable bonds is 3. The van der Waals surface area contributed by atoms with Crippen LogP contribution in [0.4, 0.5) is 4.79 Å². The monoisotopic (exact) mass is 263 g/mol. The number of morpholine rings is 1. The third kappa shape index (κ3) is 3.11. The molecular formula is C12H13N3O4. The fourth-order valence-electron chi connectivity index (χ4n) is 1.82. The zero-order valence-corrected chi connectivity index (χ0v) is 10.2. The predicted octanol–water partition coefficient (Wildman–Crippen LogP) is 0.711. The van der Waals surface area contributed by atoms with E-state index in [-0.39, 0.29) is 19.3 Å². The maximum Gasteiger partial charge on any atom is 0.407 e. The smallest absolute Gasteiger partial charge is 0.407 e. The van der Waals surface area contributed by atoms with Gasteiger partial charge in [0.05, 0.1) is 31.0 Å². The van der Waals surface area contributed by atoms with Crippen molar-refractivity contribution >= 4 is 6.09 Å². The maximum absolute atomic E-state index is 11.0. The molecule has 1 aliphatic rings. The van der Waals surface area contributed by atoms with Crippen LogP contribution in [0.5, 0.6) is 5.75 Å². The summed E-state index contributed by atoms with van der Waals surface area (Å²) in [6.07, 6.45) is 1.94. The SMILES string of the molecule is N#Cc1ccncc1OC[C@@H]1COCCN1C(=O)O. The lowest BCUT2D eigenvalue weighted by molar-refractivity contribution is -0.0149. The molecule has 0 spiro atoms. The first-order valence-corrected chi connectivity index (χ1v) is 5.76. The average Bonchev–Trinajstić information content (AvgIpc) is 2.45. The summed E-state index contributed by atoms with van der Waals surface area (Å²) < 4.78 is 10.7. The van der Waals surface area contributed by atoms with Gasteiger partial charge < -0.3 is 14.6 Å². The van der Waals surface area contributed by atoms with Gasteiger partial charge in [0.15, 0.2) is 5.75 Å². The normalized spacial score (nSPS) is 18.7. The molecule has 0 radical (unpaired) electrons. The maximum atomic E-state index is 11.0. The van der Waals surface area contributed by atoms with E-state index < -0.39 is 6.09 Å². The van der Waals surface area contributed by atoms with Gasteiger partial charge >= 0.3 is 6.09 Å². The predicted molar refractivity (Wildman–Crippen MR) is 63.8 cm³/mol. The fourth-order valence-corrected chi connectivity index (χ4v) is 1.82. The van der Waals surface area contributed by atoms with Gasteiger partial charge in [0, 0.05) is 12.7 Å². The van der Waals surface area contributed by atoms with Crippen molar-refractivity contribution < 1.29 is 19.4 Å². The number of ether oxygens (including phenoxy) is 2. The van der Waals surface area contributed by atoms with Crippen LogP contribution in [0.1, 0.15) is 5.56 Å². The fraction of sp³-hybridized carbons (Fsp3) is 0.417. The number of carbonyl (C=O) groups is 1. The van der Waals surface area contributed by atoms with Crippen molar-refractivity contribution in [2.75, 3.05) is 26.4 Å². The third-order valence-electron chi connectivity index (χ3n) is 2.81. The molecular weight excluding hydrogens is 250 g/mol. The van der Waals surface area contributed by atoms with Gasteiger partial charge in [0.2, 0.25) is 0 Å². The summed E-state index contributed by atoms with van der Waals surface area (Å²) in [4.78, 5) is 16.2. The van der Waals surface area contributed by atoms with Crippen LogP contribution in [0.3, 0.4) is 0 Å². The second-order valence-electron chi connectivity index (χ2n) is 4.00. The number of hydrogen-bond acceptors (Lipinski definition) is 5. The van der Waals surface area contributed by atoms with Crippen molar-refractivity contribution in [3.63, 3.8) is 0 Å². The lowest BCUT2D eigenvalue weighted by atomic mass is 10.2. The lowest BCUT2D eigenvalue weighted by Gasteiger charge is -2.33. The first kappa shape index (κ1) is 13.1. The summed E-state index contributed by atoms with van der Waals surface area (Å²) in [5, 5.41) is 18.0. The molecule has 0 bridgehead atoms. The zero-order chi connectivity index (χ0) is 13.7. The minimum Gasteiger partial charge on any atom is -0.488 e. The molecule has 1 saturated heterocycles. The van der Waals surface area contributed by atoms with Crippen LogP contribution in [-0.4, -0.2) is 53.5 Å². The Balaban J connectivity index is 2.01. The molecule has 2 heterocycles. The molecule has 1 atom stereocenters. The Hall–Kier alpha value is -2.33. The van der Waals surface area contributed by atoms with Gasteiger partial charge in [0.25, 0.3) is 0 Å². The Morgan fingerprint density at radius 1 is 1.74 bits per heavy atom. The van der Waals surface area contributed by atoms with E-state index in [0.29, 0.717) is 24.5 Å². The Bertz CT molecular complexity index is 500. The molecule has 0 aromatic carbocycles. The molecule has 0 aliphatic carbocycles. The van der Waals surface area contributed by atoms with Crippen LogP contribution in [0.15, 0.2) is 18.5 Å². The van der Waals surface area contributed by atoms with E-state index in [2.05, 4.69) is 4.98 Å². The number of nitrogens with zero attached hydrogens (tertiary/aromatic N) is 3. The largest absolute Gasteiger partial charge is 0.488 e. The zero-order valence-electron chi connectivity index (χ0n) is 10.2. The van der Waals surface area contributed by atoms with Gasteiger partial charge in [0.1, 0.15) is 12.7 Å². The lowest BCUT2D eigenvalue weighted by Crippen LogP contribution is -2.50. The van der Waals surface area contributed by atoms with Crippen LogP contribution >= 0.6 is 0 Å². The van der Waals surface area contributed by atoms with E-state index in [1.165, 1.54) is 17.3 Å². The van der Waals surface area contributed by atoms with Crippen LogP contribution in [-0.2, 0) is 4.74 Å². The second kappa shape index (κ2) is 6.02. The molecule has 1 aliphatic heterocycles. The average molecular weight is 263 g/mol. The van der Waals surface area contributed by atoms with Gasteiger partial charge in [-0.15, -0.1) is 0 Å². The highest BCUT2D eigenvalue weighted by Crippen LogP contribution is 2.16. The third-order valence-corrected chi connectivity index (χ3v) is 2.81. The minimum atomic E-state index is -0.997. The van der Waals surface area contributed by atoms with Crippen molar-refractivity contribution in [2.45, 2.75) is 6.04 Å². The summed E-state index contributed by atoms with van der Waals surface area (Å²) in [6.45, 7) is 1.13. The quantitative estimate of drug-likeness (QED) is 0.862. The number of carboxylic acid groups (broad SMARTS) is 1.